The second-order valence-corrected chi connectivity index (χ2v) is 4.67. The summed E-state index contributed by atoms with van der Waals surface area (Å²) in [5.41, 5.74) is 0. The third-order valence-corrected chi connectivity index (χ3v) is 3.22. The van der Waals surface area contributed by atoms with Crippen LogP contribution >= 0.6 is 0 Å². The van der Waals surface area contributed by atoms with Crippen molar-refractivity contribution in [1.82, 2.24) is 15.0 Å². The Labute approximate surface area is 106 Å². The van der Waals surface area contributed by atoms with E-state index in [1.807, 2.05) is 4.90 Å². The van der Waals surface area contributed by atoms with Gasteiger partial charge in [0.1, 0.15) is 6.04 Å². The number of rotatable bonds is 5. The summed E-state index contributed by atoms with van der Waals surface area (Å²) in [6.07, 6.45) is 4.47. The van der Waals surface area contributed by atoms with E-state index in [-0.39, 0.29) is 0 Å². The summed E-state index contributed by atoms with van der Waals surface area (Å²) in [6.45, 7) is 3.28. The van der Waals surface area contributed by atoms with E-state index in [2.05, 4.69) is 17.1 Å². The highest BCUT2D eigenvalue weighted by Crippen LogP contribution is 2.19. The fourth-order valence-electron chi connectivity index (χ4n) is 2.31. The van der Waals surface area contributed by atoms with Gasteiger partial charge in [-0.25, -0.2) is 0 Å². The Kier molecular flexibility index (Phi) is 4.30. The highest BCUT2D eigenvalue weighted by molar-refractivity contribution is 5.73. The summed E-state index contributed by atoms with van der Waals surface area (Å²) in [6, 6.07) is -0.416. The molecule has 1 aliphatic heterocycles. The van der Waals surface area contributed by atoms with Crippen LogP contribution in [0, 0.1) is 0 Å². The SMILES string of the molecule is CCCc1noc(CN2CCCCC2C(=O)O)n1. The number of carbonyl (C=O) groups is 1. The highest BCUT2D eigenvalue weighted by Gasteiger charge is 2.29. The molecule has 1 fully saturated rings. The van der Waals surface area contributed by atoms with Gasteiger partial charge in [0.2, 0.25) is 5.89 Å². The molecule has 0 aliphatic carbocycles. The van der Waals surface area contributed by atoms with E-state index in [4.69, 9.17) is 9.63 Å². The van der Waals surface area contributed by atoms with Crippen LogP contribution in [-0.2, 0) is 17.8 Å². The molecule has 100 valence electrons. The van der Waals surface area contributed by atoms with Crippen LogP contribution in [0.25, 0.3) is 0 Å². The van der Waals surface area contributed by atoms with Gasteiger partial charge < -0.3 is 9.63 Å². The minimum atomic E-state index is -0.761. The van der Waals surface area contributed by atoms with Crippen LogP contribution in [0.2, 0.25) is 0 Å². The number of nitrogens with zero attached hydrogens (tertiary/aromatic N) is 3. The monoisotopic (exact) mass is 253 g/mol. The number of likely N-dealkylation sites (tertiary alicyclic amines) is 1. The van der Waals surface area contributed by atoms with Gasteiger partial charge in [-0.1, -0.05) is 18.5 Å². The Balaban J connectivity index is 1.99. The lowest BCUT2D eigenvalue weighted by Gasteiger charge is -2.31. The summed E-state index contributed by atoms with van der Waals surface area (Å²) >= 11 is 0. The molecule has 0 spiro atoms. The number of piperidine rings is 1. The van der Waals surface area contributed by atoms with E-state index in [0.29, 0.717) is 24.7 Å². The maximum atomic E-state index is 11.2. The fraction of sp³-hybridized carbons (Fsp3) is 0.750. The number of aliphatic carboxylic acids is 1. The summed E-state index contributed by atoms with van der Waals surface area (Å²) in [4.78, 5) is 17.3. The Morgan fingerprint density at radius 1 is 1.56 bits per heavy atom. The van der Waals surface area contributed by atoms with Gasteiger partial charge in [0.15, 0.2) is 5.82 Å². The first-order valence-electron chi connectivity index (χ1n) is 6.49. The second-order valence-electron chi connectivity index (χ2n) is 4.67. The van der Waals surface area contributed by atoms with E-state index in [0.717, 1.165) is 32.2 Å². The van der Waals surface area contributed by atoms with Gasteiger partial charge in [-0.3, -0.25) is 9.69 Å². The maximum Gasteiger partial charge on any atom is 0.320 e. The van der Waals surface area contributed by atoms with Crippen LogP contribution < -0.4 is 0 Å². The molecule has 0 aromatic carbocycles. The van der Waals surface area contributed by atoms with Gasteiger partial charge in [-0.05, 0) is 25.8 Å². The molecule has 0 bridgehead atoms. The summed E-state index contributed by atoms with van der Waals surface area (Å²) in [5.74, 6) is 0.464. The smallest absolute Gasteiger partial charge is 0.320 e. The van der Waals surface area contributed by atoms with E-state index in [1.165, 1.54) is 0 Å². The van der Waals surface area contributed by atoms with E-state index < -0.39 is 12.0 Å². The molecule has 18 heavy (non-hydrogen) atoms. The van der Waals surface area contributed by atoms with Crippen LogP contribution in [-0.4, -0.2) is 38.7 Å². The molecule has 6 heteroatoms. The largest absolute Gasteiger partial charge is 0.480 e. The van der Waals surface area contributed by atoms with E-state index in [9.17, 15) is 4.79 Å². The lowest BCUT2D eigenvalue weighted by molar-refractivity contribution is -0.145. The van der Waals surface area contributed by atoms with Crippen molar-refractivity contribution in [2.75, 3.05) is 6.54 Å². The molecule has 0 radical (unpaired) electrons. The van der Waals surface area contributed by atoms with Gasteiger partial charge in [0.25, 0.3) is 0 Å². The molecule has 1 aliphatic rings. The molecule has 1 aromatic heterocycles. The summed E-state index contributed by atoms with van der Waals surface area (Å²) in [7, 11) is 0. The van der Waals surface area contributed by atoms with Crippen LogP contribution in [0.15, 0.2) is 4.52 Å². The molecule has 1 aromatic rings. The predicted octanol–water partition coefficient (Wildman–Crippen LogP) is 1.46. The number of hydrogen-bond donors (Lipinski definition) is 1. The summed E-state index contributed by atoms with van der Waals surface area (Å²) in [5, 5.41) is 13.0. The van der Waals surface area contributed by atoms with Crippen molar-refractivity contribution in [2.45, 2.75) is 51.6 Å². The lowest BCUT2D eigenvalue weighted by atomic mass is 10.0. The van der Waals surface area contributed by atoms with Gasteiger partial charge in [0, 0.05) is 6.42 Å². The molecular formula is C12H19N3O3. The van der Waals surface area contributed by atoms with Crippen LogP contribution in [0.3, 0.4) is 0 Å². The van der Waals surface area contributed by atoms with Gasteiger partial charge in [-0.2, -0.15) is 4.98 Å². The van der Waals surface area contributed by atoms with Crippen molar-refractivity contribution in [3.05, 3.63) is 11.7 Å². The Bertz CT molecular complexity index is 405. The number of carboxylic acid groups (broad SMARTS) is 1. The Morgan fingerprint density at radius 3 is 3.11 bits per heavy atom. The highest BCUT2D eigenvalue weighted by atomic mass is 16.5. The zero-order valence-electron chi connectivity index (χ0n) is 10.6. The molecule has 0 amide bonds. The Morgan fingerprint density at radius 2 is 2.39 bits per heavy atom. The first-order chi connectivity index (χ1) is 8.70. The third kappa shape index (κ3) is 3.07. The van der Waals surface area contributed by atoms with Crippen LogP contribution in [0.5, 0.6) is 0 Å². The van der Waals surface area contributed by atoms with Crippen LogP contribution in [0.1, 0.15) is 44.3 Å². The summed E-state index contributed by atoms with van der Waals surface area (Å²) < 4.78 is 5.15. The van der Waals surface area contributed by atoms with Crippen molar-refractivity contribution in [2.24, 2.45) is 0 Å². The fourth-order valence-corrected chi connectivity index (χ4v) is 2.31. The molecule has 1 saturated heterocycles. The zero-order chi connectivity index (χ0) is 13.0. The average Bonchev–Trinajstić information content (AvgIpc) is 2.77. The minimum absolute atomic E-state index is 0.416. The topological polar surface area (TPSA) is 79.5 Å². The van der Waals surface area contributed by atoms with Crippen molar-refractivity contribution < 1.29 is 14.4 Å². The third-order valence-electron chi connectivity index (χ3n) is 3.22. The van der Waals surface area contributed by atoms with E-state index in [1.54, 1.807) is 0 Å². The van der Waals surface area contributed by atoms with Gasteiger partial charge in [-0.15, -0.1) is 0 Å². The van der Waals surface area contributed by atoms with E-state index >= 15 is 0 Å². The lowest BCUT2D eigenvalue weighted by Crippen LogP contribution is -2.44. The van der Waals surface area contributed by atoms with Crippen molar-refractivity contribution >= 4 is 5.97 Å². The molecule has 1 N–H and O–H groups in total. The van der Waals surface area contributed by atoms with Crippen molar-refractivity contribution in [3.8, 4) is 0 Å². The predicted molar refractivity (Wildman–Crippen MR) is 64.0 cm³/mol. The minimum Gasteiger partial charge on any atom is -0.480 e. The molecule has 0 saturated carbocycles. The normalized spacial score (nSPS) is 21.1. The number of hydrogen-bond acceptors (Lipinski definition) is 5. The maximum absolute atomic E-state index is 11.2. The van der Waals surface area contributed by atoms with Gasteiger partial charge in [0.05, 0.1) is 6.54 Å². The molecule has 2 heterocycles. The molecule has 1 unspecified atom stereocenters. The molecular weight excluding hydrogens is 234 g/mol. The first kappa shape index (κ1) is 13.0. The number of aromatic nitrogens is 2. The van der Waals surface area contributed by atoms with Gasteiger partial charge >= 0.3 is 5.97 Å². The van der Waals surface area contributed by atoms with Crippen LogP contribution in [0.4, 0.5) is 0 Å². The standard InChI is InChI=1S/C12H19N3O3/c1-2-5-10-13-11(18-14-10)8-15-7-4-3-6-9(15)12(16)17/h9H,2-8H2,1H3,(H,16,17). The zero-order valence-corrected chi connectivity index (χ0v) is 10.6. The average molecular weight is 253 g/mol. The second kappa shape index (κ2) is 5.95. The first-order valence-corrected chi connectivity index (χ1v) is 6.49. The molecule has 6 nitrogen and oxygen atoms in total. The molecule has 1 atom stereocenters. The number of carboxylic acids is 1. The van der Waals surface area contributed by atoms with Crippen molar-refractivity contribution in [3.63, 3.8) is 0 Å². The Hall–Kier alpha value is -1.43. The number of aryl methyl sites for hydroxylation is 1. The quantitative estimate of drug-likeness (QED) is 0.855. The van der Waals surface area contributed by atoms with Crippen molar-refractivity contribution in [1.29, 1.82) is 0 Å². The molecule has 2 rings (SSSR count).